The number of fused-ring (bicyclic) bond motifs is 1. The van der Waals surface area contributed by atoms with Crippen molar-refractivity contribution in [2.45, 2.75) is 25.8 Å². The Morgan fingerprint density at radius 2 is 2.20 bits per heavy atom. The highest BCUT2D eigenvalue weighted by molar-refractivity contribution is 9.10. The van der Waals surface area contributed by atoms with Crippen molar-refractivity contribution in [1.82, 2.24) is 19.5 Å². The molecule has 0 saturated carbocycles. The fourth-order valence-electron chi connectivity index (χ4n) is 2.18. The first-order valence-electron chi connectivity index (χ1n) is 6.11. The lowest BCUT2D eigenvalue weighted by Crippen LogP contribution is -2.10. The van der Waals surface area contributed by atoms with Crippen LogP contribution in [-0.2, 0) is 5.88 Å². The van der Waals surface area contributed by atoms with E-state index < -0.39 is 0 Å². The van der Waals surface area contributed by atoms with E-state index in [9.17, 15) is 0 Å². The van der Waals surface area contributed by atoms with Gasteiger partial charge in [-0.3, -0.25) is 0 Å². The normalized spacial score (nSPS) is 13.0. The number of aromatic nitrogens is 4. The van der Waals surface area contributed by atoms with E-state index in [-0.39, 0.29) is 6.04 Å². The highest BCUT2D eigenvalue weighted by Crippen LogP contribution is 2.29. The topological polar surface area (TPSA) is 43.6 Å². The molecule has 0 aliphatic carbocycles. The van der Waals surface area contributed by atoms with Crippen LogP contribution in [0.1, 0.15) is 28.7 Å². The van der Waals surface area contributed by atoms with Crippen LogP contribution in [0.3, 0.4) is 0 Å². The highest BCUT2D eigenvalue weighted by atomic mass is 79.9. The summed E-state index contributed by atoms with van der Waals surface area (Å²) in [5, 5.41) is 1.04. The molecule has 0 fully saturated rings. The van der Waals surface area contributed by atoms with E-state index in [1.165, 1.54) is 4.88 Å². The van der Waals surface area contributed by atoms with Gasteiger partial charge >= 0.3 is 0 Å². The number of nitrogens with zero attached hydrogens (tertiary/aromatic N) is 4. The third-order valence-electron chi connectivity index (χ3n) is 3.07. The summed E-state index contributed by atoms with van der Waals surface area (Å²) in [5.74, 6) is 1.16. The van der Waals surface area contributed by atoms with Crippen molar-refractivity contribution in [2.24, 2.45) is 0 Å². The number of thiazole rings is 1. The second-order valence-electron chi connectivity index (χ2n) is 4.51. The van der Waals surface area contributed by atoms with Crippen LogP contribution >= 0.6 is 38.9 Å². The summed E-state index contributed by atoms with van der Waals surface area (Å²) in [6, 6.07) is 2.02. The average Bonchev–Trinajstić information content (AvgIpc) is 3.00. The molecule has 3 aromatic rings. The minimum absolute atomic E-state index is 0.0705. The summed E-state index contributed by atoms with van der Waals surface area (Å²) in [7, 11) is 0. The Morgan fingerprint density at radius 3 is 2.85 bits per heavy atom. The molecule has 1 atom stereocenters. The number of rotatable bonds is 3. The summed E-state index contributed by atoms with van der Waals surface area (Å²) in [5.41, 5.74) is 1.68. The van der Waals surface area contributed by atoms with Crippen molar-refractivity contribution in [1.29, 1.82) is 0 Å². The van der Waals surface area contributed by atoms with Gasteiger partial charge in [-0.15, -0.1) is 22.9 Å². The minimum atomic E-state index is 0.0705. The molecule has 3 aromatic heterocycles. The van der Waals surface area contributed by atoms with Gasteiger partial charge in [0.15, 0.2) is 5.65 Å². The molecule has 0 radical (unpaired) electrons. The summed E-state index contributed by atoms with van der Waals surface area (Å²) in [4.78, 5) is 14.7. The van der Waals surface area contributed by atoms with Gasteiger partial charge in [0.05, 0.1) is 11.9 Å². The smallest absolute Gasteiger partial charge is 0.160 e. The van der Waals surface area contributed by atoms with Gasteiger partial charge in [-0.2, -0.15) is 0 Å². The van der Waals surface area contributed by atoms with E-state index in [4.69, 9.17) is 11.6 Å². The molecule has 0 N–H and O–H groups in total. The lowest BCUT2D eigenvalue weighted by molar-refractivity contribution is 0.625. The second-order valence-corrected chi connectivity index (χ2v) is 6.96. The molecule has 0 aromatic carbocycles. The third-order valence-corrected chi connectivity index (χ3v) is 4.83. The summed E-state index contributed by atoms with van der Waals surface area (Å²) in [6.45, 7) is 4.15. The van der Waals surface area contributed by atoms with Gasteiger partial charge in [-0.25, -0.2) is 15.0 Å². The Hall–Kier alpha value is -0.980. The second kappa shape index (κ2) is 5.42. The van der Waals surface area contributed by atoms with Crippen LogP contribution in [0.4, 0.5) is 0 Å². The van der Waals surface area contributed by atoms with Crippen LogP contribution in [0.2, 0.25) is 0 Å². The molecule has 4 nitrogen and oxygen atoms in total. The van der Waals surface area contributed by atoms with E-state index >= 15 is 0 Å². The zero-order valence-corrected chi connectivity index (χ0v) is 14.1. The molecule has 3 rings (SSSR count). The van der Waals surface area contributed by atoms with Gasteiger partial charge in [0.2, 0.25) is 0 Å². The molecule has 1 unspecified atom stereocenters. The van der Waals surface area contributed by atoms with E-state index in [0.717, 1.165) is 26.5 Å². The van der Waals surface area contributed by atoms with E-state index in [2.05, 4.69) is 49.3 Å². The molecule has 3 heterocycles. The number of hydrogen-bond acceptors (Lipinski definition) is 4. The molecule has 7 heteroatoms. The van der Waals surface area contributed by atoms with Crippen molar-refractivity contribution in [3.8, 4) is 0 Å². The van der Waals surface area contributed by atoms with Crippen molar-refractivity contribution in [3.63, 3.8) is 0 Å². The predicted molar refractivity (Wildman–Crippen MR) is 85.4 cm³/mol. The van der Waals surface area contributed by atoms with Crippen LogP contribution < -0.4 is 0 Å². The molecule has 0 spiro atoms. The number of pyridine rings is 1. The Balaban J connectivity index is 2.18. The molecule has 0 aliphatic rings. The third kappa shape index (κ3) is 2.36. The van der Waals surface area contributed by atoms with Crippen LogP contribution in [0, 0.1) is 6.92 Å². The highest BCUT2D eigenvalue weighted by Gasteiger charge is 2.20. The molecular weight excluding hydrogens is 360 g/mol. The quantitative estimate of drug-likeness (QED) is 0.644. The molecule has 0 aliphatic heterocycles. The lowest BCUT2D eigenvalue weighted by atomic mass is 10.3. The number of halogens is 2. The van der Waals surface area contributed by atoms with Gasteiger partial charge in [-0.1, -0.05) is 0 Å². The largest absolute Gasteiger partial charge is 0.302 e. The van der Waals surface area contributed by atoms with Crippen molar-refractivity contribution in [3.05, 3.63) is 38.6 Å². The van der Waals surface area contributed by atoms with Crippen LogP contribution in [-0.4, -0.2) is 19.5 Å². The molecule has 20 heavy (non-hydrogen) atoms. The predicted octanol–water partition coefficient (Wildman–Crippen LogP) is 4.31. The molecule has 104 valence electrons. The van der Waals surface area contributed by atoms with E-state index in [1.54, 1.807) is 17.5 Å². The molecule has 0 amide bonds. The SMILES string of the molecule is Cc1cnc(C(C)n2c(CCl)nc3cc(Br)cnc32)s1. The zero-order valence-electron chi connectivity index (χ0n) is 11.0. The van der Waals surface area contributed by atoms with E-state index in [1.807, 2.05) is 12.3 Å². The Labute approximate surface area is 134 Å². The Morgan fingerprint density at radius 1 is 1.40 bits per heavy atom. The van der Waals surface area contributed by atoms with Crippen molar-refractivity contribution < 1.29 is 0 Å². The minimum Gasteiger partial charge on any atom is -0.302 e. The summed E-state index contributed by atoms with van der Waals surface area (Å²) >= 11 is 11.1. The zero-order chi connectivity index (χ0) is 14.3. The maximum absolute atomic E-state index is 6.04. The van der Waals surface area contributed by atoms with Crippen molar-refractivity contribution >= 4 is 50.0 Å². The maximum Gasteiger partial charge on any atom is 0.160 e. The maximum atomic E-state index is 6.04. The number of hydrogen-bond donors (Lipinski definition) is 0. The first kappa shape index (κ1) is 14.0. The van der Waals surface area contributed by atoms with Gasteiger partial charge in [0.25, 0.3) is 0 Å². The number of alkyl halides is 1. The average molecular weight is 372 g/mol. The van der Waals surface area contributed by atoms with Crippen LogP contribution in [0.25, 0.3) is 11.2 Å². The first-order valence-corrected chi connectivity index (χ1v) is 8.25. The first-order chi connectivity index (χ1) is 9.60. The fourth-order valence-corrected chi connectivity index (χ4v) is 3.51. The van der Waals surface area contributed by atoms with Crippen molar-refractivity contribution in [2.75, 3.05) is 0 Å². The van der Waals surface area contributed by atoms with Crippen LogP contribution in [0.5, 0.6) is 0 Å². The van der Waals surface area contributed by atoms with Crippen LogP contribution in [0.15, 0.2) is 22.9 Å². The standard InChI is InChI=1S/C13H12BrClN4S/c1-7-5-17-13(20-7)8(2)19-11(4-15)18-10-3-9(14)6-16-12(10)19/h3,5-6,8H,4H2,1-2H3. The van der Waals surface area contributed by atoms with Gasteiger partial charge in [-0.05, 0) is 35.8 Å². The summed E-state index contributed by atoms with van der Waals surface area (Å²) in [6.07, 6.45) is 3.67. The Kier molecular flexibility index (Phi) is 3.79. The van der Waals surface area contributed by atoms with Gasteiger partial charge in [0, 0.05) is 21.7 Å². The molecular formula is C13H12BrClN4S. The Bertz CT molecular complexity index is 767. The summed E-state index contributed by atoms with van der Waals surface area (Å²) < 4.78 is 2.97. The number of imidazole rings is 1. The fraction of sp³-hybridized carbons (Fsp3) is 0.308. The number of aryl methyl sites for hydroxylation is 1. The van der Waals surface area contributed by atoms with Gasteiger partial charge in [0.1, 0.15) is 16.3 Å². The monoisotopic (exact) mass is 370 g/mol. The molecule has 0 saturated heterocycles. The lowest BCUT2D eigenvalue weighted by Gasteiger charge is -2.13. The van der Waals surface area contributed by atoms with E-state index in [0.29, 0.717) is 5.88 Å². The molecule has 0 bridgehead atoms. The van der Waals surface area contributed by atoms with Gasteiger partial charge < -0.3 is 4.57 Å².